The Balaban J connectivity index is 2.11. The van der Waals surface area contributed by atoms with Gasteiger partial charge in [-0.3, -0.25) is 0 Å². The number of methoxy groups -OCH3 is 1. The second kappa shape index (κ2) is 5.92. The Kier molecular flexibility index (Phi) is 4.25. The lowest BCUT2D eigenvalue weighted by molar-refractivity contribution is 0.0555. The molecule has 106 valence electrons. The minimum Gasteiger partial charge on any atom is -0.463 e. The van der Waals surface area contributed by atoms with Gasteiger partial charge in [0.1, 0.15) is 11.9 Å². The summed E-state index contributed by atoms with van der Waals surface area (Å²) in [6, 6.07) is 9.15. The van der Waals surface area contributed by atoms with Crippen molar-refractivity contribution in [2.24, 2.45) is 0 Å². The normalized spacial score (nSPS) is 12.2. The zero-order valence-corrected chi connectivity index (χ0v) is 11.8. The van der Waals surface area contributed by atoms with Crippen molar-refractivity contribution in [1.29, 1.82) is 0 Å². The minimum absolute atomic E-state index is 0.0987. The molecule has 1 N–H and O–H groups in total. The predicted molar refractivity (Wildman–Crippen MR) is 74.6 cm³/mol. The Morgan fingerprint density at radius 2 is 2.00 bits per heavy atom. The first-order valence-electron chi connectivity index (χ1n) is 6.43. The highest BCUT2D eigenvalue weighted by Crippen LogP contribution is 2.22. The van der Waals surface area contributed by atoms with Gasteiger partial charge in [-0.1, -0.05) is 18.2 Å². The Hall–Kier alpha value is -2.07. The van der Waals surface area contributed by atoms with Crippen molar-refractivity contribution in [3.05, 3.63) is 58.5 Å². The lowest BCUT2D eigenvalue weighted by Gasteiger charge is -2.09. The number of benzene rings is 1. The maximum atomic E-state index is 11.3. The number of carbonyl (C=O) groups is 1. The molecule has 0 spiro atoms. The summed E-state index contributed by atoms with van der Waals surface area (Å²) < 4.78 is 9.86. The third-order valence-electron chi connectivity index (χ3n) is 3.34. The average Bonchev–Trinajstić information content (AvgIpc) is 2.92. The quantitative estimate of drug-likeness (QED) is 0.871. The summed E-state index contributed by atoms with van der Waals surface area (Å²) in [6.45, 7) is 4.08. The van der Waals surface area contributed by atoms with Gasteiger partial charge in [-0.05, 0) is 42.7 Å². The lowest BCUT2D eigenvalue weighted by Crippen LogP contribution is -2.02. The average molecular weight is 274 g/mol. The Morgan fingerprint density at radius 3 is 2.65 bits per heavy atom. The third kappa shape index (κ3) is 3.08. The number of esters is 1. The van der Waals surface area contributed by atoms with Crippen molar-refractivity contribution in [2.45, 2.75) is 26.4 Å². The van der Waals surface area contributed by atoms with Crippen LogP contribution in [0.5, 0.6) is 0 Å². The van der Waals surface area contributed by atoms with Gasteiger partial charge in [0.2, 0.25) is 5.76 Å². The van der Waals surface area contributed by atoms with Gasteiger partial charge in [0.25, 0.3) is 0 Å². The monoisotopic (exact) mass is 274 g/mol. The van der Waals surface area contributed by atoms with E-state index in [-0.39, 0.29) is 5.76 Å². The second-order valence-electron chi connectivity index (χ2n) is 4.83. The van der Waals surface area contributed by atoms with Crippen LogP contribution in [0.2, 0.25) is 0 Å². The fraction of sp³-hybridized carbons (Fsp3) is 0.312. The van der Waals surface area contributed by atoms with Crippen molar-refractivity contribution < 1.29 is 19.1 Å². The lowest BCUT2D eigenvalue weighted by atomic mass is 10.0. The van der Waals surface area contributed by atoms with Gasteiger partial charge < -0.3 is 14.3 Å². The molecule has 0 saturated carbocycles. The molecule has 4 heteroatoms. The van der Waals surface area contributed by atoms with Crippen molar-refractivity contribution in [3.63, 3.8) is 0 Å². The molecule has 0 aliphatic heterocycles. The summed E-state index contributed by atoms with van der Waals surface area (Å²) >= 11 is 0. The van der Waals surface area contributed by atoms with E-state index in [0.29, 0.717) is 12.2 Å². The van der Waals surface area contributed by atoms with Gasteiger partial charge in [0.05, 0.1) is 7.11 Å². The maximum Gasteiger partial charge on any atom is 0.373 e. The minimum atomic E-state index is -0.782. The van der Waals surface area contributed by atoms with E-state index in [1.165, 1.54) is 24.3 Å². The van der Waals surface area contributed by atoms with Crippen LogP contribution in [0.15, 0.2) is 34.7 Å². The molecule has 1 unspecified atom stereocenters. The van der Waals surface area contributed by atoms with Crippen LogP contribution in [0.1, 0.15) is 39.1 Å². The zero-order valence-electron chi connectivity index (χ0n) is 11.8. The van der Waals surface area contributed by atoms with Crippen LogP contribution >= 0.6 is 0 Å². The maximum absolute atomic E-state index is 11.3. The Labute approximate surface area is 118 Å². The molecular formula is C16H18O4. The smallest absolute Gasteiger partial charge is 0.373 e. The van der Waals surface area contributed by atoms with E-state index in [0.717, 1.165) is 5.56 Å². The summed E-state index contributed by atoms with van der Waals surface area (Å²) in [5.74, 6) is -0.0834. The molecule has 2 rings (SSSR count). The van der Waals surface area contributed by atoms with E-state index in [2.05, 4.69) is 4.74 Å². The molecule has 0 fully saturated rings. The van der Waals surface area contributed by atoms with E-state index in [1.807, 2.05) is 32.0 Å². The predicted octanol–water partition coefficient (Wildman–Crippen LogP) is 2.96. The highest BCUT2D eigenvalue weighted by atomic mass is 16.5. The van der Waals surface area contributed by atoms with Crippen molar-refractivity contribution in [2.75, 3.05) is 7.11 Å². The number of hydrogen-bond acceptors (Lipinski definition) is 4. The number of aliphatic hydroxyl groups excluding tert-OH is 1. The summed E-state index contributed by atoms with van der Waals surface area (Å²) in [5.41, 5.74) is 3.43. The van der Waals surface area contributed by atoms with Crippen LogP contribution < -0.4 is 0 Å². The number of ether oxygens (including phenoxy) is 1. The molecule has 0 radical (unpaired) electrons. The van der Waals surface area contributed by atoms with E-state index in [1.54, 1.807) is 6.07 Å². The zero-order chi connectivity index (χ0) is 14.7. The number of carbonyl (C=O) groups excluding carboxylic acids is 1. The first kappa shape index (κ1) is 14.3. The van der Waals surface area contributed by atoms with Gasteiger partial charge in [0, 0.05) is 6.42 Å². The third-order valence-corrected chi connectivity index (χ3v) is 3.34. The number of aliphatic hydroxyl groups is 1. The van der Waals surface area contributed by atoms with Crippen LogP contribution in [-0.2, 0) is 11.2 Å². The van der Waals surface area contributed by atoms with E-state index in [4.69, 9.17) is 4.42 Å². The molecule has 1 aromatic heterocycles. The fourth-order valence-electron chi connectivity index (χ4n) is 2.00. The van der Waals surface area contributed by atoms with Gasteiger partial charge in [0.15, 0.2) is 0 Å². The first-order valence-corrected chi connectivity index (χ1v) is 6.43. The Morgan fingerprint density at radius 1 is 1.25 bits per heavy atom. The van der Waals surface area contributed by atoms with Crippen LogP contribution in [0.4, 0.5) is 0 Å². The number of furan rings is 1. The SMILES string of the molecule is COC(=O)c1ccc(C(O)Cc2ccc(C)c(C)c2)o1. The molecule has 20 heavy (non-hydrogen) atoms. The van der Waals surface area contributed by atoms with Gasteiger partial charge in [-0.25, -0.2) is 4.79 Å². The van der Waals surface area contributed by atoms with Gasteiger partial charge >= 0.3 is 5.97 Å². The molecule has 1 aromatic carbocycles. The molecule has 2 aromatic rings. The fourth-order valence-corrected chi connectivity index (χ4v) is 2.00. The van der Waals surface area contributed by atoms with Crippen LogP contribution in [0.25, 0.3) is 0 Å². The molecule has 1 heterocycles. The largest absolute Gasteiger partial charge is 0.463 e. The van der Waals surface area contributed by atoms with Gasteiger partial charge in [-0.15, -0.1) is 0 Å². The number of hydrogen-bond donors (Lipinski definition) is 1. The second-order valence-corrected chi connectivity index (χ2v) is 4.83. The standard InChI is InChI=1S/C16H18O4/c1-10-4-5-12(8-11(10)2)9-13(17)14-6-7-15(20-14)16(18)19-3/h4-8,13,17H,9H2,1-3H3. The van der Waals surface area contributed by atoms with E-state index >= 15 is 0 Å². The molecular weight excluding hydrogens is 256 g/mol. The molecule has 1 atom stereocenters. The van der Waals surface area contributed by atoms with Gasteiger partial charge in [-0.2, -0.15) is 0 Å². The summed E-state index contributed by atoms with van der Waals surface area (Å²) in [6.07, 6.45) is -0.342. The van der Waals surface area contributed by atoms with Crippen molar-refractivity contribution in [3.8, 4) is 0 Å². The molecule has 0 saturated heterocycles. The van der Waals surface area contributed by atoms with Crippen molar-refractivity contribution in [1.82, 2.24) is 0 Å². The summed E-state index contributed by atoms with van der Waals surface area (Å²) in [7, 11) is 1.29. The van der Waals surface area contributed by atoms with E-state index in [9.17, 15) is 9.90 Å². The number of aryl methyl sites for hydroxylation is 2. The molecule has 0 aliphatic rings. The first-order chi connectivity index (χ1) is 9.51. The van der Waals surface area contributed by atoms with Crippen LogP contribution in [0, 0.1) is 13.8 Å². The summed E-state index contributed by atoms with van der Waals surface area (Å²) in [5, 5.41) is 10.2. The molecule has 0 aliphatic carbocycles. The summed E-state index contributed by atoms with van der Waals surface area (Å²) in [4.78, 5) is 11.3. The Bertz CT molecular complexity index is 613. The van der Waals surface area contributed by atoms with Crippen molar-refractivity contribution >= 4 is 5.97 Å². The molecule has 0 bridgehead atoms. The molecule has 4 nitrogen and oxygen atoms in total. The number of rotatable bonds is 4. The topological polar surface area (TPSA) is 59.7 Å². The van der Waals surface area contributed by atoms with Crippen LogP contribution in [-0.4, -0.2) is 18.2 Å². The highest BCUT2D eigenvalue weighted by molar-refractivity contribution is 5.86. The molecule has 0 amide bonds. The highest BCUT2D eigenvalue weighted by Gasteiger charge is 2.17. The van der Waals surface area contributed by atoms with E-state index < -0.39 is 12.1 Å². The van der Waals surface area contributed by atoms with Crippen LogP contribution in [0.3, 0.4) is 0 Å².